The SMILES string of the molecule is CCSc1oc2c(C(C)O)cc(F)cc2c(=O)c1C. The Kier molecular flexibility index (Phi) is 3.96. The van der Waals surface area contributed by atoms with Gasteiger partial charge in [0.25, 0.3) is 0 Å². The third-order valence-corrected chi connectivity index (χ3v) is 3.83. The van der Waals surface area contributed by atoms with Crippen LogP contribution in [0, 0.1) is 12.7 Å². The summed E-state index contributed by atoms with van der Waals surface area (Å²) in [6.45, 7) is 5.13. The molecule has 0 saturated carbocycles. The summed E-state index contributed by atoms with van der Waals surface area (Å²) in [5, 5.41) is 10.4. The van der Waals surface area contributed by atoms with E-state index >= 15 is 0 Å². The summed E-state index contributed by atoms with van der Waals surface area (Å²) in [5.41, 5.74) is 0.785. The van der Waals surface area contributed by atoms with Gasteiger partial charge in [0.05, 0.1) is 11.5 Å². The quantitative estimate of drug-likeness (QED) is 0.877. The highest BCUT2D eigenvalue weighted by Gasteiger charge is 2.17. The molecule has 3 nitrogen and oxygen atoms in total. The summed E-state index contributed by atoms with van der Waals surface area (Å²) in [6, 6.07) is 2.35. The zero-order valence-electron chi connectivity index (χ0n) is 11.0. The van der Waals surface area contributed by atoms with Crippen molar-refractivity contribution in [1.29, 1.82) is 0 Å². The van der Waals surface area contributed by atoms with E-state index in [9.17, 15) is 14.3 Å². The van der Waals surface area contributed by atoms with E-state index in [2.05, 4.69) is 0 Å². The second-order valence-electron chi connectivity index (χ2n) is 4.32. The maximum absolute atomic E-state index is 13.5. The van der Waals surface area contributed by atoms with Gasteiger partial charge in [-0.1, -0.05) is 18.7 Å². The Balaban J connectivity index is 2.88. The summed E-state index contributed by atoms with van der Waals surface area (Å²) in [7, 11) is 0. The lowest BCUT2D eigenvalue weighted by Crippen LogP contribution is -2.09. The van der Waals surface area contributed by atoms with Gasteiger partial charge in [-0.3, -0.25) is 4.79 Å². The van der Waals surface area contributed by atoms with Gasteiger partial charge < -0.3 is 9.52 Å². The highest BCUT2D eigenvalue weighted by atomic mass is 32.2. The van der Waals surface area contributed by atoms with Crippen molar-refractivity contribution in [2.45, 2.75) is 32.0 Å². The van der Waals surface area contributed by atoms with E-state index in [-0.39, 0.29) is 16.4 Å². The van der Waals surface area contributed by atoms with Gasteiger partial charge in [0.15, 0.2) is 10.5 Å². The van der Waals surface area contributed by atoms with Gasteiger partial charge in [0, 0.05) is 11.1 Å². The number of thioether (sulfide) groups is 1. The van der Waals surface area contributed by atoms with Crippen molar-refractivity contribution >= 4 is 22.7 Å². The first kappa shape index (κ1) is 14.1. The highest BCUT2D eigenvalue weighted by molar-refractivity contribution is 7.99. The molecule has 0 amide bonds. The van der Waals surface area contributed by atoms with Crippen molar-refractivity contribution in [1.82, 2.24) is 0 Å². The third-order valence-electron chi connectivity index (χ3n) is 2.89. The molecule has 0 saturated heterocycles. The minimum atomic E-state index is -0.900. The number of aliphatic hydroxyl groups is 1. The number of halogens is 1. The molecule has 1 heterocycles. The molecule has 0 fully saturated rings. The average Bonchev–Trinajstić information content (AvgIpc) is 2.36. The standard InChI is InChI=1S/C14H15FO3S/c1-4-19-14-7(2)12(17)11-6-9(15)5-10(8(3)16)13(11)18-14/h5-6,8,16H,4H2,1-3H3. The van der Waals surface area contributed by atoms with Crippen molar-refractivity contribution in [2.24, 2.45) is 0 Å². The topological polar surface area (TPSA) is 50.4 Å². The van der Waals surface area contributed by atoms with E-state index in [4.69, 9.17) is 4.42 Å². The van der Waals surface area contributed by atoms with E-state index in [0.29, 0.717) is 16.2 Å². The van der Waals surface area contributed by atoms with Gasteiger partial charge in [-0.25, -0.2) is 4.39 Å². The van der Waals surface area contributed by atoms with Crippen molar-refractivity contribution in [3.63, 3.8) is 0 Å². The van der Waals surface area contributed by atoms with Crippen LogP contribution in [0.15, 0.2) is 26.4 Å². The number of benzene rings is 1. The third kappa shape index (κ3) is 2.53. The summed E-state index contributed by atoms with van der Waals surface area (Å²) >= 11 is 1.41. The molecule has 1 unspecified atom stereocenters. The lowest BCUT2D eigenvalue weighted by molar-refractivity contribution is 0.198. The number of fused-ring (bicyclic) bond motifs is 1. The molecule has 1 N–H and O–H groups in total. The number of hydrogen-bond acceptors (Lipinski definition) is 4. The Labute approximate surface area is 114 Å². The van der Waals surface area contributed by atoms with E-state index in [1.54, 1.807) is 6.92 Å². The van der Waals surface area contributed by atoms with Gasteiger partial charge in [-0.15, -0.1) is 0 Å². The van der Waals surface area contributed by atoms with Crippen molar-refractivity contribution in [2.75, 3.05) is 5.75 Å². The maximum atomic E-state index is 13.5. The number of aliphatic hydroxyl groups excluding tert-OH is 1. The first-order valence-corrected chi connectivity index (χ1v) is 7.02. The van der Waals surface area contributed by atoms with Crippen LogP contribution < -0.4 is 5.43 Å². The second kappa shape index (κ2) is 5.35. The van der Waals surface area contributed by atoms with Gasteiger partial charge in [-0.2, -0.15) is 0 Å². The minimum Gasteiger partial charge on any atom is -0.449 e. The molecule has 102 valence electrons. The summed E-state index contributed by atoms with van der Waals surface area (Å²) in [5.74, 6) is 0.214. The van der Waals surface area contributed by atoms with Crippen LogP contribution in [0.1, 0.15) is 31.1 Å². The van der Waals surface area contributed by atoms with Crippen molar-refractivity contribution in [3.05, 3.63) is 39.3 Å². The molecule has 0 aliphatic carbocycles. The van der Waals surface area contributed by atoms with Crippen molar-refractivity contribution < 1.29 is 13.9 Å². The lowest BCUT2D eigenvalue weighted by Gasteiger charge is -2.11. The van der Waals surface area contributed by atoms with E-state index in [1.165, 1.54) is 24.8 Å². The molecule has 1 aromatic carbocycles. The molecule has 0 aliphatic rings. The first-order chi connectivity index (χ1) is 8.95. The Morgan fingerprint density at radius 2 is 2.16 bits per heavy atom. The van der Waals surface area contributed by atoms with Gasteiger partial charge in [-0.05, 0) is 31.7 Å². The molecule has 5 heteroatoms. The molecule has 0 spiro atoms. The predicted molar refractivity (Wildman–Crippen MR) is 74.2 cm³/mol. The van der Waals surface area contributed by atoms with Crippen LogP contribution in [0.5, 0.6) is 0 Å². The predicted octanol–water partition coefficient (Wildman–Crippen LogP) is 3.41. The van der Waals surface area contributed by atoms with Crippen LogP contribution in [0.4, 0.5) is 4.39 Å². The molecule has 0 aliphatic heterocycles. The fourth-order valence-corrected chi connectivity index (χ4v) is 2.65. The molecule has 19 heavy (non-hydrogen) atoms. The van der Waals surface area contributed by atoms with E-state index in [1.807, 2.05) is 6.92 Å². The van der Waals surface area contributed by atoms with Crippen LogP contribution in [0.3, 0.4) is 0 Å². The van der Waals surface area contributed by atoms with Crippen LogP contribution in [-0.2, 0) is 0 Å². The Hall–Kier alpha value is -1.33. The molecule has 2 aromatic rings. The summed E-state index contributed by atoms with van der Waals surface area (Å²) < 4.78 is 19.2. The highest BCUT2D eigenvalue weighted by Crippen LogP contribution is 2.29. The zero-order valence-corrected chi connectivity index (χ0v) is 11.8. The van der Waals surface area contributed by atoms with Crippen LogP contribution in [0.25, 0.3) is 11.0 Å². The maximum Gasteiger partial charge on any atom is 0.196 e. The lowest BCUT2D eigenvalue weighted by atomic mass is 10.1. The van der Waals surface area contributed by atoms with Gasteiger partial charge in [0.2, 0.25) is 0 Å². The largest absolute Gasteiger partial charge is 0.449 e. The average molecular weight is 282 g/mol. The number of hydrogen-bond donors (Lipinski definition) is 1. The molecular weight excluding hydrogens is 267 g/mol. The van der Waals surface area contributed by atoms with Gasteiger partial charge in [0.1, 0.15) is 11.4 Å². The summed E-state index contributed by atoms with van der Waals surface area (Å²) in [4.78, 5) is 12.2. The molecule has 1 atom stereocenters. The first-order valence-electron chi connectivity index (χ1n) is 6.03. The van der Waals surface area contributed by atoms with Crippen molar-refractivity contribution in [3.8, 4) is 0 Å². The molecule has 0 radical (unpaired) electrons. The van der Waals surface area contributed by atoms with Crippen LogP contribution in [0.2, 0.25) is 0 Å². The monoisotopic (exact) mass is 282 g/mol. The van der Waals surface area contributed by atoms with Crippen LogP contribution in [-0.4, -0.2) is 10.9 Å². The molecule has 2 rings (SSSR count). The van der Waals surface area contributed by atoms with E-state index in [0.717, 1.165) is 11.8 Å². The molecular formula is C14H15FO3S. The fraction of sp³-hybridized carbons (Fsp3) is 0.357. The molecule has 0 bridgehead atoms. The Morgan fingerprint density at radius 3 is 2.74 bits per heavy atom. The number of rotatable bonds is 3. The fourth-order valence-electron chi connectivity index (χ4n) is 1.94. The van der Waals surface area contributed by atoms with E-state index < -0.39 is 11.9 Å². The smallest absolute Gasteiger partial charge is 0.196 e. The molecule has 1 aromatic heterocycles. The van der Waals surface area contributed by atoms with Crippen LogP contribution >= 0.6 is 11.8 Å². The zero-order chi connectivity index (χ0) is 14.2. The second-order valence-corrected chi connectivity index (χ2v) is 5.56. The summed E-state index contributed by atoms with van der Waals surface area (Å²) in [6.07, 6.45) is -0.900. The Bertz CT molecular complexity index is 676. The minimum absolute atomic E-state index is 0.175. The Morgan fingerprint density at radius 1 is 1.47 bits per heavy atom. The normalized spacial score (nSPS) is 12.9. The van der Waals surface area contributed by atoms with Gasteiger partial charge >= 0.3 is 0 Å².